The first-order valence-electron chi connectivity index (χ1n) is 6.19. The molecule has 0 radical (unpaired) electrons. The minimum atomic E-state index is -0.573. The molecule has 4 heteroatoms. The van der Waals surface area contributed by atoms with Crippen molar-refractivity contribution < 1.29 is 19.3 Å². The quantitative estimate of drug-likeness (QED) is 0.898. The van der Waals surface area contributed by atoms with Gasteiger partial charge < -0.3 is 19.3 Å². The molecule has 18 heavy (non-hydrogen) atoms. The molecule has 4 nitrogen and oxygen atoms in total. The van der Waals surface area contributed by atoms with Crippen molar-refractivity contribution in [3.8, 4) is 11.5 Å². The first-order valence-corrected chi connectivity index (χ1v) is 6.19. The highest BCUT2D eigenvalue weighted by Crippen LogP contribution is 2.41. The molecule has 1 heterocycles. The summed E-state index contributed by atoms with van der Waals surface area (Å²) >= 11 is 0. The molecule has 0 aromatic heterocycles. The van der Waals surface area contributed by atoms with Crippen LogP contribution in [0.25, 0.3) is 0 Å². The Morgan fingerprint density at radius 2 is 2.06 bits per heavy atom. The number of benzene rings is 1. The summed E-state index contributed by atoms with van der Waals surface area (Å²) in [5.41, 5.74) is 0.960. The van der Waals surface area contributed by atoms with Crippen LogP contribution < -0.4 is 4.74 Å². The summed E-state index contributed by atoms with van der Waals surface area (Å²) in [5.74, 6) is 0.0133. The lowest BCUT2D eigenvalue weighted by Gasteiger charge is -2.17. The zero-order chi connectivity index (χ0) is 13.3. The Kier molecular flexibility index (Phi) is 3.50. The second-order valence-electron chi connectivity index (χ2n) is 4.93. The Hall–Kier alpha value is -1.26. The minimum Gasteiger partial charge on any atom is -0.504 e. The van der Waals surface area contributed by atoms with Crippen LogP contribution in [0.2, 0.25) is 0 Å². The number of rotatable bonds is 3. The lowest BCUT2D eigenvalue weighted by molar-refractivity contribution is -0.147. The van der Waals surface area contributed by atoms with Crippen molar-refractivity contribution in [3.63, 3.8) is 0 Å². The highest BCUT2D eigenvalue weighted by Gasteiger charge is 2.41. The molecule has 0 saturated carbocycles. The van der Waals surface area contributed by atoms with Gasteiger partial charge in [-0.3, -0.25) is 0 Å². The van der Waals surface area contributed by atoms with E-state index in [9.17, 15) is 5.11 Å². The van der Waals surface area contributed by atoms with E-state index < -0.39 is 5.79 Å². The van der Waals surface area contributed by atoms with Gasteiger partial charge in [0, 0.05) is 0 Å². The summed E-state index contributed by atoms with van der Waals surface area (Å²) in [7, 11) is 1.53. The van der Waals surface area contributed by atoms with Gasteiger partial charge in [-0.15, -0.1) is 0 Å². The largest absolute Gasteiger partial charge is 0.504 e. The number of phenolic OH excluding ortho intramolecular Hbond substituents is 1. The minimum absolute atomic E-state index is 0.0225. The third-order valence-electron chi connectivity index (χ3n) is 3.12. The average Bonchev–Trinajstić information content (AvgIpc) is 2.65. The molecule has 0 aliphatic carbocycles. The van der Waals surface area contributed by atoms with E-state index in [2.05, 4.69) is 6.92 Å². The first kappa shape index (κ1) is 13.2. The number of hydrogen-bond donors (Lipinski definition) is 1. The maximum Gasteiger partial charge on any atom is 0.164 e. The van der Waals surface area contributed by atoms with Crippen molar-refractivity contribution in [3.05, 3.63) is 23.8 Å². The van der Waals surface area contributed by atoms with E-state index in [4.69, 9.17) is 14.2 Å². The predicted molar refractivity (Wildman–Crippen MR) is 67.7 cm³/mol. The van der Waals surface area contributed by atoms with Crippen LogP contribution in [0.3, 0.4) is 0 Å². The third-order valence-corrected chi connectivity index (χ3v) is 3.12. The van der Waals surface area contributed by atoms with E-state index in [0.717, 1.165) is 12.0 Å². The predicted octanol–water partition coefficient (Wildman–Crippen LogP) is 3.00. The van der Waals surface area contributed by atoms with Crippen LogP contribution in [-0.2, 0) is 9.47 Å². The van der Waals surface area contributed by atoms with Crippen LogP contribution >= 0.6 is 0 Å². The fourth-order valence-corrected chi connectivity index (χ4v) is 2.29. The van der Waals surface area contributed by atoms with E-state index >= 15 is 0 Å². The summed E-state index contributed by atoms with van der Waals surface area (Å²) in [6.07, 6.45) is 0.769. The molecule has 100 valence electrons. The Balaban J connectivity index is 2.30. The Labute approximate surface area is 107 Å². The Morgan fingerprint density at radius 3 is 2.67 bits per heavy atom. The SMILES string of the molecule is CC[C@H]1OC(C)(C)O[C@@H]1c1ccc(O)c(OC)c1. The van der Waals surface area contributed by atoms with E-state index in [1.54, 1.807) is 12.1 Å². The summed E-state index contributed by atoms with van der Waals surface area (Å²) in [6.45, 7) is 5.89. The van der Waals surface area contributed by atoms with Crippen molar-refractivity contribution in [1.82, 2.24) is 0 Å². The summed E-state index contributed by atoms with van der Waals surface area (Å²) in [5, 5.41) is 9.61. The molecule has 1 saturated heterocycles. The van der Waals surface area contributed by atoms with Crippen LogP contribution in [0.5, 0.6) is 11.5 Å². The molecular formula is C14H20O4. The van der Waals surface area contributed by atoms with Crippen LogP contribution in [-0.4, -0.2) is 24.1 Å². The summed E-state index contributed by atoms with van der Waals surface area (Å²) in [6, 6.07) is 5.26. The van der Waals surface area contributed by atoms with Gasteiger partial charge in [-0.2, -0.15) is 0 Å². The topological polar surface area (TPSA) is 47.9 Å². The number of hydrogen-bond acceptors (Lipinski definition) is 4. The van der Waals surface area contributed by atoms with Gasteiger partial charge in [-0.05, 0) is 38.0 Å². The second kappa shape index (κ2) is 4.78. The van der Waals surface area contributed by atoms with Crippen molar-refractivity contribution >= 4 is 0 Å². The Morgan fingerprint density at radius 1 is 1.33 bits per heavy atom. The molecule has 1 aliphatic heterocycles. The van der Waals surface area contributed by atoms with Gasteiger partial charge >= 0.3 is 0 Å². The van der Waals surface area contributed by atoms with Crippen LogP contribution in [0.4, 0.5) is 0 Å². The normalized spacial score (nSPS) is 26.2. The van der Waals surface area contributed by atoms with Crippen LogP contribution in [0.1, 0.15) is 38.9 Å². The molecule has 1 aromatic rings. The fraction of sp³-hybridized carbons (Fsp3) is 0.571. The van der Waals surface area contributed by atoms with Crippen molar-refractivity contribution in [2.24, 2.45) is 0 Å². The van der Waals surface area contributed by atoms with Crippen molar-refractivity contribution in [1.29, 1.82) is 0 Å². The molecule has 0 bridgehead atoms. The summed E-state index contributed by atoms with van der Waals surface area (Å²) < 4.78 is 16.9. The van der Waals surface area contributed by atoms with E-state index in [1.165, 1.54) is 7.11 Å². The monoisotopic (exact) mass is 252 g/mol. The molecule has 1 fully saturated rings. The van der Waals surface area contributed by atoms with Gasteiger partial charge in [0.15, 0.2) is 17.3 Å². The Bertz CT molecular complexity index is 428. The van der Waals surface area contributed by atoms with E-state index in [1.807, 2.05) is 19.9 Å². The lowest BCUT2D eigenvalue weighted by Crippen LogP contribution is -2.21. The fourth-order valence-electron chi connectivity index (χ4n) is 2.29. The zero-order valence-corrected chi connectivity index (χ0v) is 11.3. The van der Waals surface area contributed by atoms with Crippen LogP contribution in [0.15, 0.2) is 18.2 Å². The number of ether oxygens (including phenoxy) is 3. The molecule has 0 unspecified atom stereocenters. The second-order valence-corrected chi connectivity index (χ2v) is 4.93. The molecular weight excluding hydrogens is 232 g/mol. The van der Waals surface area contributed by atoms with Gasteiger partial charge in [0.25, 0.3) is 0 Å². The maximum absolute atomic E-state index is 9.61. The van der Waals surface area contributed by atoms with Gasteiger partial charge in [0.2, 0.25) is 0 Å². The van der Waals surface area contributed by atoms with Gasteiger partial charge in [0.05, 0.1) is 13.2 Å². The molecule has 2 rings (SSSR count). The molecule has 0 amide bonds. The molecule has 1 aliphatic rings. The highest BCUT2D eigenvalue weighted by atomic mass is 16.7. The number of methoxy groups -OCH3 is 1. The lowest BCUT2D eigenvalue weighted by atomic mass is 10.0. The van der Waals surface area contributed by atoms with E-state index in [0.29, 0.717) is 5.75 Å². The standard InChI is InChI=1S/C14H20O4/c1-5-11-13(18-14(2,3)17-11)9-6-7-10(15)12(8-9)16-4/h6-8,11,13,15H,5H2,1-4H3/t11-,13-/m1/s1. The number of aromatic hydroxyl groups is 1. The maximum atomic E-state index is 9.61. The van der Waals surface area contributed by atoms with Crippen molar-refractivity contribution in [2.45, 2.75) is 45.2 Å². The molecule has 1 aromatic carbocycles. The summed E-state index contributed by atoms with van der Waals surface area (Å²) in [4.78, 5) is 0. The van der Waals surface area contributed by atoms with Gasteiger partial charge in [0.1, 0.15) is 6.10 Å². The smallest absolute Gasteiger partial charge is 0.164 e. The molecule has 1 N–H and O–H groups in total. The van der Waals surface area contributed by atoms with Crippen molar-refractivity contribution in [2.75, 3.05) is 7.11 Å². The highest BCUT2D eigenvalue weighted by molar-refractivity contribution is 5.42. The third kappa shape index (κ3) is 2.44. The zero-order valence-electron chi connectivity index (χ0n) is 11.3. The molecule has 0 spiro atoms. The van der Waals surface area contributed by atoms with Gasteiger partial charge in [-0.25, -0.2) is 0 Å². The molecule has 2 atom stereocenters. The first-order chi connectivity index (χ1) is 8.46. The average molecular weight is 252 g/mol. The van der Waals surface area contributed by atoms with Crippen LogP contribution in [0, 0.1) is 0 Å². The van der Waals surface area contributed by atoms with Gasteiger partial charge in [-0.1, -0.05) is 13.0 Å². The van der Waals surface area contributed by atoms with E-state index in [-0.39, 0.29) is 18.0 Å². The number of phenols is 1.